The summed E-state index contributed by atoms with van der Waals surface area (Å²) in [5, 5.41) is 3.54. The Balaban J connectivity index is 3.26. The summed E-state index contributed by atoms with van der Waals surface area (Å²) < 4.78 is 0. The molecule has 1 unspecified atom stereocenters. The van der Waals surface area contributed by atoms with E-state index in [1.807, 2.05) is 0 Å². The van der Waals surface area contributed by atoms with Crippen molar-refractivity contribution in [3.8, 4) is 0 Å². The molecule has 1 atom stereocenters. The Bertz CT molecular complexity index is 379. The van der Waals surface area contributed by atoms with Crippen LogP contribution in [0, 0.1) is 5.41 Å². The van der Waals surface area contributed by atoms with Gasteiger partial charge in [-0.05, 0) is 48.4 Å². The van der Waals surface area contributed by atoms with E-state index in [1.54, 1.807) is 0 Å². The topological polar surface area (TPSA) is 12.0 Å². The molecule has 18 heavy (non-hydrogen) atoms. The average molecular weight is 247 g/mol. The molecule has 0 aliphatic rings. The van der Waals surface area contributed by atoms with Gasteiger partial charge in [0.2, 0.25) is 0 Å². The van der Waals surface area contributed by atoms with Gasteiger partial charge >= 0.3 is 0 Å². The third kappa shape index (κ3) is 3.14. The smallest absolute Gasteiger partial charge is 0.0372 e. The first-order valence-electron chi connectivity index (χ1n) is 7.29. The Labute approximate surface area is 113 Å². The van der Waals surface area contributed by atoms with E-state index < -0.39 is 0 Å². The van der Waals surface area contributed by atoms with Crippen molar-refractivity contribution >= 4 is 0 Å². The van der Waals surface area contributed by atoms with E-state index in [0.717, 1.165) is 12.8 Å². The van der Waals surface area contributed by atoms with Gasteiger partial charge in [-0.2, -0.15) is 0 Å². The summed E-state index contributed by atoms with van der Waals surface area (Å²) in [6.45, 7) is 11.5. The predicted molar refractivity (Wildman–Crippen MR) is 81.1 cm³/mol. The van der Waals surface area contributed by atoms with Crippen molar-refractivity contribution in [2.45, 2.75) is 59.9 Å². The van der Waals surface area contributed by atoms with Crippen LogP contribution in [0.15, 0.2) is 18.2 Å². The predicted octanol–water partition coefficient (Wildman–Crippen LogP) is 4.51. The fourth-order valence-corrected chi connectivity index (χ4v) is 2.63. The lowest BCUT2D eigenvalue weighted by Crippen LogP contribution is -2.32. The normalized spacial score (nSPS) is 13.7. The highest BCUT2D eigenvalue weighted by Crippen LogP contribution is 2.37. The molecule has 0 amide bonds. The zero-order valence-electron chi connectivity index (χ0n) is 12.9. The summed E-state index contributed by atoms with van der Waals surface area (Å²) >= 11 is 0. The molecule has 1 N–H and O–H groups in total. The van der Waals surface area contributed by atoms with Crippen molar-refractivity contribution in [2.75, 3.05) is 7.05 Å². The van der Waals surface area contributed by atoms with Crippen molar-refractivity contribution in [1.29, 1.82) is 0 Å². The third-order valence-corrected chi connectivity index (χ3v) is 4.29. The van der Waals surface area contributed by atoms with Crippen LogP contribution in [0.2, 0.25) is 0 Å². The summed E-state index contributed by atoms with van der Waals surface area (Å²) in [5.74, 6) is 0. The Hall–Kier alpha value is -0.820. The minimum absolute atomic E-state index is 0.283. The fourth-order valence-electron chi connectivity index (χ4n) is 2.63. The second-order valence-corrected chi connectivity index (χ2v) is 5.80. The Morgan fingerprint density at radius 1 is 1.11 bits per heavy atom. The van der Waals surface area contributed by atoms with E-state index in [4.69, 9.17) is 0 Å². The molecule has 0 saturated heterocycles. The average Bonchev–Trinajstić information content (AvgIpc) is 2.39. The zero-order valence-corrected chi connectivity index (χ0v) is 12.9. The van der Waals surface area contributed by atoms with E-state index in [0.29, 0.717) is 6.04 Å². The van der Waals surface area contributed by atoms with E-state index in [2.05, 4.69) is 65.2 Å². The molecule has 1 aromatic rings. The van der Waals surface area contributed by atoms with Crippen LogP contribution in [-0.2, 0) is 12.8 Å². The summed E-state index contributed by atoms with van der Waals surface area (Å²) in [5.41, 5.74) is 4.69. The van der Waals surface area contributed by atoms with Crippen LogP contribution in [0.5, 0.6) is 0 Å². The summed E-state index contributed by atoms with van der Waals surface area (Å²) in [4.78, 5) is 0. The molecule has 0 aromatic heterocycles. The van der Waals surface area contributed by atoms with Crippen molar-refractivity contribution in [2.24, 2.45) is 5.41 Å². The van der Waals surface area contributed by atoms with Gasteiger partial charge in [0.15, 0.2) is 0 Å². The van der Waals surface area contributed by atoms with Crippen LogP contribution in [0.25, 0.3) is 0 Å². The molecule has 0 heterocycles. The standard InChI is InChI=1S/C17H29N/c1-7-13-10-11-14(8-2)15(12-13)16(18-6)17(4,5)9-3/h10-12,16,18H,7-9H2,1-6H3. The number of rotatable bonds is 6. The molecule has 0 spiro atoms. The van der Waals surface area contributed by atoms with Crippen LogP contribution in [0.1, 0.15) is 63.8 Å². The number of aryl methyl sites for hydroxylation is 2. The van der Waals surface area contributed by atoms with Gasteiger partial charge in [0.05, 0.1) is 0 Å². The molecule has 0 saturated carbocycles. The molecule has 0 fully saturated rings. The van der Waals surface area contributed by atoms with Gasteiger partial charge in [-0.15, -0.1) is 0 Å². The van der Waals surface area contributed by atoms with Crippen LogP contribution in [0.3, 0.4) is 0 Å². The van der Waals surface area contributed by atoms with Crippen LogP contribution >= 0.6 is 0 Å². The Kier molecular flexibility index (Phi) is 5.40. The molecule has 1 nitrogen and oxygen atoms in total. The first-order chi connectivity index (χ1) is 8.50. The number of hydrogen-bond donors (Lipinski definition) is 1. The van der Waals surface area contributed by atoms with Gasteiger partial charge < -0.3 is 5.32 Å². The highest BCUT2D eigenvalue weighted by molar-refractivity contribution is 5.35. The van der Waals surface area contributed by atoms with E-state index >= 15 is 0 Å². The highest BCUT2D eigenvalue weighted by Gasteiger charge is 2.29. The van der Waals surface area contributed by atoms with Crippen molar-refractivity contribution in [1.82, 2.24) is 5.32 Å². The van der Waals surface area contributed by atoms with Gasteiger partial charge in [0.1, 0.15) is 0 Å². The monoisotopic (exact) mass is 247 g/mol. The van der Waals surface area contributed by atoms with Gasteiger partial charge in [-0.3, -0.25) is 0 Å². The highest BCUT2D eigenvalue weighted by atomic mass is 14.9. The molecule has 0 radical (unpaired) electrons. The molecule has 1 aromatic carbocycles. The minimum Gasteiger partial charge on any atom is -0.313 e. The van der Waals surface area contributed by atoms with E-state index in [-0.39, 0.29) is 5.41 Å². The lowest BCUT2D eigenvalue weighted by molar-refractivity contribution is 0.244. The molecule has 102 valence electrons. The van der Waals surface area contributed by atoms with Gasteiger partial charge in [-0.25, -0.2) is 0 Å². The number of nitrogens with one attached hydrogen (secondary N) is 1. The summed E-state index contributed by atoms with van der Waals surface area (Å²) in [6, 6.07) is 7.42. The van der Waals surface area contributed by atoms with Gasteiger partial charge in [-0.1, -0.05) is 52.8 Å². The number of benzene rings is 1. The third-order valence-electron chi connectivity index (χ3n) is 4.29. The molecule has 0 aliphatic heterocycles. The van der Waals surface area contributed by atoms with Crippen molar-refractivity contribution < 1.29 is 0 Å². The quantitative estimate of drug-likeness (QED) is 0.780. The first-order valence-corrected chi connectivity index (χ1v) is 7.29. The van der Waals surface area contributed by atoms with E-state index in [9.17, 15) is 0 Å². The van der Waals surface area contributed by atoms with Crippen LogP contribution < -0.4 is 5.32 Å². The molecule has 1 heteroatoms. The Morgan fingerprint density at radius 3 is 2.22 bits per heavy atom. The maximum Gasteiger partial charge on any atom is 0.0372 e. The van der Waals surface area contributed by atoms with Crippen molar-refractivity contribution in [3.05, 3.63) is 34.9 Å². The van der Waals surface area contributed by atoms with Crippen LogP contribution in [0.4, 0.5) is 0 Å². The lowest BCUT2D eigenvalue weighted by Gasteiger charge is -2.35. The summed E-state index contributed by atoms with van der Waals surface area (Å²) in [6.07, 6.45) is 3.40. The zero-order chi connectivity index (χ0) is 13.8. The summed E-state index contributed by atoms with van der Waals surface area (Å²) in [7, 11) is 2.08. The van der Waals surface area contributed by atoms with Crippen molar-refractivity contribution in [3.63, 3.8) is 0 Å². The second-order valence-electron chi connectivity index (χ2n) is 5.80. The van der Waals surface area contributed by atoms with Gasteiger partial charge in [0, 0.05) is 6.04 Å². The maximum absolute atomic E-state index is 3.54. The molecular weight excluding hydrogens is 218 g/mol. The fraction of sp³-hybridized carbons (Fsp3) is 0.647. The maximum atomic E-state index is 3.54. The molecule has 0 bridgehead atoms. The SMILES string of the molecule is CCc1ccc(CC)c(C(NC)C(C)(C)CC)c1. The Morgan fingerprint density at radius 2 is 1.78 bits per heavy atom. The lowest BCUT2D eigenvalue weighted by atomic mass is 9.76. The number of hydrogen-bond acceptors (Lipinski definition) is 1. The molecule has 1 rings (SSSR count). The first kappa shape index (κ1) is 15.2. The molecule has 0 aliphatic carbocycles. The van der Waals surface area contributed by atoms with Gasteiger partial charge in [0.25, 0.3) is 0 Å². The second kappa shape index (κ2) is 6.38. The van der Waals surface area contributed by atoms with E-state index in [1.165, 1.54) is 23.1 Å². The van der Waals surface area contributed by atoms with Crippen LogP contribution in [-0.4, -0.2) is 7.05 Å². The minimum atomic E-state index is 0.283. The molecular formula is C17H29N. The largest absolute Gasteiger partial charge is 0.313 e.